The van der Waals surface area contributed by atoms with Crippen molar-refractivity contribution in [3.8, 4) is 5.88 Å². The molecule has 0 aliphatic heterocycles. The molecule has 0 saturated carbocycles. The molecular formula is C13H18ClNO3. The first-order valence-electron chi connectivity index (χ1n) is 5.97. The Morgan fingerprint density at radius 1 is 1.44 bits per heavy atom. The molecule has 0 aromatic carbocycles. The molecule has 0 spiro atoms. The van der Waals surface area contributed by atoms with Crippen LogP contribution in [0.15, 0.2) is 12.3 Å². The number of carbonyl (C=O) groups excluding carboxylic acids is 1. The smallest absolute Gasteiger partial charge is 0.340 e. The van der Waals surface area contributed by atoms with Crippen molar-refractivity contribution in [2.45, 2.75) is 46.3 Å². The standard InChI is InChI=1S/C13H18ClNO3/c1-5-9(4)18-13(16)10-6-11(14)12(15-7-10)17-8(2)3/h6-9H,5H2,1-4H3. The van der Waals surface area contributed by atoms with Crippen LogP contribution in [0.5, 0.6) is 5.88 Å². The van der Waals surface area contributed by atoms with Crippen molar-refractivity contribution in [1.82, 2.24) is 4.98 Å². The third-order valence-corrected chi connectivity index (χ3v) is 2.54. The number of rotatable bonds is 5. The van der Waals surface area contributed by atoms with Crippen LogP contribution in [0.3, 0.4) is 0 Å². The Balaban J connectivity index is 2.80. The van der Waals surface area contributed by atoms with Crippen LogP contribution in [0.25, 0.3) is 0 Å². The molecule has 1 rings (SSSR count). The van der Waals surface area contributed by atoms with E-state index < -0.39 is 5.97 Å². The molecule has 4 nitrogen and oxygen atoms in total. The van der Waals surface area contributed by atoms with Crippen LogP contribution in [0.1, 0.15) is 44.5 Å². The van der Waals surface area contributed by atoms with Crippen molar-refractivity contribution in [2.75, 3.05) is 0 Å². The van der Waals surface area contributed by atoms with Crippen LogP contribution in [-0.2, 0) is 4.74 Å². The second kappa shape index (κ2) is 6.59. The zero-order chi connectivity index (χ0) is 13.7. The maximum absolute atomic E-state index is 11.7. The van der Waals surface area contributed by atoms with E-state index in [4.69, 9.17) is 21.1 Å². The molecule has 0 fully saturated rings. The Kier molecular flexibility index (Phi) is 5.41. The van der Waals surface area contributed by atoms with Gasteiger partial charge in [-0.25, -0.2) is 9.78 Å². The monoisotopic (exact) mass is 271 g/mol. The molecule has 1 heterocycles. The lowest BCUT2D eigenvalue weighted by Gasteiger charge is -2.12. The molecule has 1 aromatic heterocycles. The molecule has 5 heteroatoms. The van der Waals surface area contributed by atoms with Crippen LogP contribution in [0, 0.1) is 0 Å². The van der Waals surface area contributed by atoms with Gasteiger partial charge in [-0.2, -0.15) is 0 Å². The summed E-state index contributed by atoms with van der Waals surface area (Å²) in [4.78, 5) is 15.8. The highest BCUT2D eigenvalue weighted by molar-refractivity contribution is 6.32. The molecule has 0 radical (unpaired) electrons. The second-order valence-electron chi connectivity index (χ2n) is 4.30. The van der Waals surface area contributed by atoms with Crippen LogP contribution >= 0.6 is 11.6 Å². The Morgan fingerprint density at radius 3 is 2.61 bits per heavy atom. The van der Waals surface area contributed by atoms with Gasteiger partial charge >= 0.3 is 5.97 Å². The molecule has 0 bridgehead atoms. The average molecular weight is 272 g/mol. The van der Waals surface area contributed by atoms with Crippen LogP contribution in [0.4, 0.5) is 0 Å². The van der Waals surface area contributed by atoms with Crippen LogP contribution in [0.2, 0.25) is 5.02 Å². The van der Waals surface area contributed by atoms with E-state index >= 15 is 0 Å². The van der Waals surface area contributed by atoms with Gasteiger partial charge in [-0.1, -0.05) is 18.5 Å². The fourth-order valence-electron chi connectivity index (χ4n) is 1.18. The number of hydrogen-bond donors (Lipinski definition) is 0. The highest BCUT2D eigenvalue weighted by Gasteiger charge is 2.14. The van der Waals surface area contributed by atoms with Crippen molar-refractivity contribution in [3.05, 3.63) is 22.8 Å². The van der Waals surface area contributed by atoms with Gasteiger partial charge in [-0.3, -0.25) is 0 Å². The first-order chi connectivity index (χ1) is 8.43. The van der Waals surface area contributed by atoms with Crippen molar-refractivity contribution in [1.29, 1.82) is 0 Å². The highest BCUT2D eigenvalue weighted by Crippen LogP contribution is 2.23. The lowest BCUT2D eigenvalue weighted by Crippen LogP contribution is -2.14. The number of esters is 1. The number of carbonyl (C=O) groups is 1. The number of hydrogen-bond acceptors (Lipinski definition) is 4. The van der Waals surface area contributed by atoms with Gasteiger partial charge in [0.05, 0.1) is 17.8 Å². The van der Waals surface area contributed by atoms with Crippen molar-refractivity contribution < 1.29 is 14.3 Å². The van der Waals surface area contributed by atoms with E-state index in [0.29, 0.717) is 16.5 Å². The molecular weight excluding hydrogens is 254 g/mol. The van der Waals surface area contributed by atoms with Crippen LogP contribution < -0.4 is 4.74 Å². The van der Waals surface area contributed by atoms with Gasteiger partial charge in [0.25, 0.3) is 0 Å². The summed E-state index contributed by atoms with van der Waals surface area (Å²) in [5.74, 6) is -0.0957. The number of halogens is 1. The molecule has 100 valence electrons. The number of nitrogens with zero attached hydrogens (tertiary/aromatic N) is 1. The van der Waals surface area contributed by atoms with Gasteiger partial charge in [-0.15, -0.1) is 0 Å². The number of aromatic nitrogens is 1. The largest absolute Gasteiger partial charge is 0.474 e. The third kappa shape index (κ3) is 4.18. The number of pyridine rings is 1. The molecule has 0 aliphatic rings. The maximum atomic E-state index is 11.7. The summed E-state index contributed by atoms with van der Waals surface area (Å²) in [5, 5.41) is 0.308. The summed E-state index contributed by atoms with van der Waals surface area (Å²) in [6, 6.07) is 1.51. The van der Waals surface area contributed by atoms with Gasteiger partial charge in [0.15, 0.2) is 0 Å². The average Bonchev–Trinajstić information content (AvgIpc) is 2.30. The molecule has 0 aliphatic carbocycles. The molecule has 0 amide bonds. The summed E-state index contributed by atoms with van der Waals surface area (Å²) < 4.78 is 10.6. The normalized spacial score (nSPS) is 12.3. The zero-order valence-electron chi connectivity index (χ0n) is 11.1. The predicted molar refractivity (Wildman–Crippen MR) is 70.2 cm³/mol. The minimum atomic E-state index is -0.421. The summed E-state index contributed by atoms with van der Waals surface area (Å²) >= 11 is 5.99. The Labute approximate surface area is 112 Å². The van der Waals surface area contributed by atoms with Crippen LogP contribution in [-0.4, -0.2) is 23.2 Å². The lowest BCUT2D eigenvalue weighted by molar-refractivity contribution is 0.0334. The fraction of sp³-hybridized carbons (Fsp3) is 0.538. The maximum Gasteiger partial charge on any atom is 0.340 e. The predicted octanol–water partition coefficient (Wildman–Crippen LogP) is 3.48. The van der Waals surface area contributed by atoms with E-state index in [9.17, 15) is 4.79 Å². The fourth-order valence-corrected chi connectivity index (χ4v) is 1.39. The van der Waals surface area contributed by atoms with E-state index in [1.807, 2.05) is 27.7 Å². The van der Waals surface area contributed by atoms with Gasteiger partial charge in [0, 0.05) is 6.20 Å². The summed E-state index contributed by atoms with van der Waals surface area (Å²) in [5.41, 5.74) is 0.330. The van der Waals surface area contributed by atoms with E-state index in [-0.39, 0.29) is 12.2 Å². The third-order valence-electron chi connectivity index (χ3n) is 2.27. The van der Waals surface area contributed by atoms with Crippen molar-refractivity contribution in [2.24, 2.45) is 0 Å². The Bertz CT molecular complexity index is 421. The molecule has 1 unspecified atom stereocenters. The minimum Gasteiger partial charge on any atom is -0.474 e. The summed E-state index contributed by atoms with van der Waals surface area (Å²) in [6.45, 7) is 7.54. The second-order valence-corrected chi connectivity index (χ2v) is 4.71. The van der Waals surface area contributed by atoms with Gasteiger partial charge < -0.3 is 9.47 Å². The van der Waals surface area contributed by atoms with E-state index in [1.54, 1.807) is 0 Å². The van der Waals surface area contributed by atoms with Gasteiger partial charge in [0.2, 0.25) is 5.88 Å². The van der Waals surface area contributed by atoms with Crippen molar-refractivity contribution >= 4 is 17.6 Å². The van der Waals surface area contributed by atoms with Gasteiger partial charge in [-0.05, 0) is 33.3 Å². The van der Waals surface area contributed by atoms with E-state index in [0.717, 1.165) is 6.42 Å². The molecule has 0 saturated heterocycles. The zero-order valence-corrected chi connectivity index (χ0v) is 11.8. The molecule has 18 heavy (non-hydrogen) atoms. The highest BCUT2D eigenvalue weighted by atomic mass is 35.5. The summed E-state index contributed by atoms with van der Waals surface area (Å²) in [7, 11) is 0. The molecule has 1 atom stereocenters. The Morgan fingerprint density at radius 2 is 2.11 bits per heavy atom. The topological polar surface area (TPSA) is 48.4 Å². The van der Waals surface area contributed by atoms with Gasteiger partial charge in [0.1, 0.15) is 5.02 Å². The summed E-state index contributed by atoms with van der Waals surface area (Å²) in [6.07, 6.45) is 2.03. The van der Waals surface area contributed by atoms with Crippen molar-refractivity contribution in [3.63, 3.8) is 0 Å². The molecule has 0 N–H and O–H groups in total. The van der Waals surface area contributed by atoms with E-state index in [2.05, 4.69) is 4.98 Å². The first kappa shape index (κ1) is 14.8. The lowest BCUT2D eigenvalue weighted by atomic mass is 10.2. The SMILES string of the molecule is CCC(C)OC(=O)c1cnc(OC(C)C)c(Cl)c1. The quantitative estimate of drug-likeness (QED) is 0.770. The number of ether oxygens (including phenoxy) is 2. The Hall–Kier alpha value is -1.29. The van der Waals surface area contributed by atoms with E-state index in [1.165, 1.54) is 12.3 Å². The minimum absolute atomic E-state index is 0.0204. The molecule has 1 aromatic rings. The first-order valence-corrected chi connectivity index (χ1v) is 6.35.